The number of amides is 1. The number of rotatable bonds is 3. The van der Waals surface area contributed by atoms with E-state index in [1.807, 2.05) is 31.0 Å². The summed E-state index contributed by atoms with van der Waals surface area (Å²) in [4.78, 5) is 19.4. The van der Waals surface area contributed by atoms with Crippen molar-refractivity contribution < 1.29 is 14.1 Å². The summed E-state index contributed by atoms with van der Waals surface area (Å²) in [5, 5.41) is 7.22. The van der Waals surface area contributed by atoms with Crippen molar-refractivity contribution in [1.82, 2.24) is 15.0 Å². The maximum atomic E-state index is 13.0. The summed E-state index contributed by atoms with van der Waals surface area (Å²) in [7, 11) is 1.88. The van der Waals surface area contributed by atoms with E-state index in [0.29, 0.717) is 25.4 Å². The highest BCUT2D eigenvalue weighted by molar-refractivity contribution is 5.94. The lowest BCUT2D eigenvalue weighted by atomic mass is 9.96. The third-order valence-electron chi connectivity index (χ3n) is 5.10. The number of nitrogens with zero attached hydrogens (tertiary/aromatic N) is 3. The van der Waals surface area contributed by atoms with Gasteiger partial charge in [0.1, 0.15) is 11.9 Å². The number of pyridine rings is 1. The standard InChI is InChI=1S/C19H24N4O3/c1-12-9-13(20-2)10-15(21-12)17-11-23(7-8-25-17)19(24)18-14-5-3-4-6-16(14)26-22-18/h9-10,17H,3-8,11H2,1-2H3,(H,20,21)/t17-/m1/s1. The molecule has 138 valence electrons. The number of ether oxygens (including phenoxy) is 1. The highest BCUT2D eigenvalue weighted by Crippen LogP contribution is 2.28. The van der Waals surface area contributed by atoms with E-state index < -0.39 is 0 Å². The van der Waals surface area contributed by atoms with Gasteiger partial charge in [0.25, 0.3) is 5.91 Å². The highest BCUT2D eigenvalue weighted by atomic mass is 16.5. The molecule has 26 heavy (non-hydrogen) atoms. The molecule has 2 aliphatic rings. The van der Waals surface area contributed by atoms with E-state index in [1.54, 1.807) is 0 Å². The fraction of sp³-hybridized carbons (Fsp3) is 0.526. The van der Waals surface area contributed by atoms with Crippen molar-refractivity contribution in [3.8, 4) is 0 Å². The fourth-order valence-corrected chi connectivity index (χ4v) is 3.72. The summed E-state index contributed by atoms with van der Waals surface area (Å²) in [5.41, 5.74) is 4.23. The minimum Gasteiger partial charge on any atom is -0.388 e. The van der Waals surface area contributed by atoms with Crippen molar-refractivity contribution in [3.63, 3.8) is 0 Å². The zero-order valence-corrected chi connectivity index (χ0v) is 15.2. The summed E-state index contributed by atoms with van der Waals surface area (Å²) in [6, 6.07) is 3.96. The topological polar surface area (TPSA) is 80.5 Å². The van der Waals surface area contributed by atoms with Crippen LogP contribution < -0.4 is 5.32 Å². The monoisotopic (exact) mass is 356 g/mol. The maximum Gasteiger partial charge on any atom is 0.276 e. The molecule has 2 aromatic heterocycles. The van der Waals surface area contributed by atoms with E-state index in [0.717, 1.165) is 54.1 Å². The molecular weight excluding hydrogens is 332 g/mol. The first-order chi connectivity index (χ1) is 12.7. The van der Waals surface area contributed by atoms with Crippen LogP contribution in [0, 0.1) is 6.92 Å². The van der Waals surface area contributed by atoms with Crippen LogP contribution in [0.5, 0.6) is 0 Å². The molecule has 0 saturated carbocycles. The molecule has 3 heterocycles. The summed E-state index contributed by atoms with van der Waals surface area (Å²) in [6.45, 7) is 3.47. The molecule has 0 aromatic carbocycles. The Kier molecular flexibility index (Phi) is 4.63. The smallest absolute Gasteiger partial charge is 0.276 e. The van der Waals surface area contributed by atoms with Crippen LogP contribution in [0.4, 0.5) is 5.69 Å². The predicted octanol–water partition coefficient (Wildman–Crippen LogP) is 2.51. The normalized spacial score (nSPS) is 19.9. The van der Waals surface area contributed by atoms with Gasteiger partial charge in [-0.15, -0.1) is 0 Å². The Labute approximate surface area is 152 Å². The number of carbonyl (C=O) groups excluding carboxylic acids is 1. The molecule has 1 aliphatic heterocycles. The van der Waals surface area contributed by atoms with Crippen LogP contribution in [0.2, 0.25) is 0 Å². The van der Waals surface area contributed by atoms with Gasteiger partial charge in [-0.1, -0.05) is 5.16 Å². The summed E-state index contributed by atoms with van der Waals surface area (Å²) in [6.07, 6.45) is 3.70. The maximum absolute atomic E-state index is 13.0. The molecule has 0 bridgehead atoms. The Hall–Kier alpha value is -2.41. The average Bonchev–Trinajstić information content (AvgIpc) is 3.11. The van der Waals surface area contributed by atoms with Crippen LogP contribution >= 0.6 is 0 Å². The second kappa shape index (κ2) is 7.07. The molecule has 7 nitrogen and oxygen atoms in total. The van der Waals surface area contributed by atoms with Gasteiger partial charge in [-0.05, 0) is 38.3 Å². The molecule has 1 amide bonds. The summed E-state index contributed by atoms with van der Waals surface area (Å²) in [5.74, 6) is 0.815. The van der Waals surface area contributed by atoms with Gasteiger partial charge in [0.15, 0.2) is 5.69 Å². The van der Waals surface area contributed by atoms with Crippen molar-refractivity contribution in [3.05, 3.63) is 40.5 Å². The summed E-state index contributed by atoms with van der Waals surface area (Å²) >= 11 is 0. The van der Waals surface area contributed by atoms with Gasteiger partial charge in [0.2, 0.25) is 0 Å². The quantitative estimate of drug-likeness (QED) is 0.910. The lowest BCUT2D eigenvalue weighted by Gasteiger charge is -2.32. The zero-order valence-electron chi connectivity index (χ0n) is 15.2. The Morgan fingerprint density at radius 2 is 2.15 bits per heavy atom. The zero-order chi connectivity index (χ0) is 18.1. The second-order valence-corrected chi connectivity index (χ2v) is 6.92. The average molecular weight is 356 g/mol. The SMILES string of the molecule is CNc1cc(C)nc([C@H]2CN(C(=O)c3noc4c3CCCC4)CCO2)c1. The van der Waals surface area contributed by atoms with Crippen LogP contribution in [-0.4, -0.2) is 47.7 Å². The van der Waals surface area contributed by atoms with Crippen molar-refractivity contribution in [2.75, 3.05) is 32.1 Å². The minimum absolute atomic E-state index is 0.0632. The van der Waals surface area contributed by atoms with Gasteiger partial charge in [0.05, 0.1) is 18.8 Å². The van der Waals surface area contributed by atoms with Crippen LogP contribution in [0.25, 0.3) is 0 Å². The third kappa shape index (κ3) is 3.19. The number of fused-ring (bicyclic) bond motifs is 1. The molecule has 4 rings (SSSR count). The van der Waals surface area contributed by atoms with E-state index >= 15 is 0 Å². The molecule has 1 atom stereocenters. The second-order valence-electron chi connectivity index (χ2n) is 6.92. The number of aryl methyl sites for hydroxylation is 2. The number of anilines is 1. The largest absolute Gasteiger partial charge is 0.388 e. The highest BCUT2D eigenvalue weighted by Gasteiger charge is 2.32. The Bertz CT molecular complexity index is 817. The first-order valence-corrected chi connectivity index (χ1v) is 9.20. The van der Waals surface area contributed by atoms with Crippen LogP contribution in [0.15, 0.2) is 16.7 Å². The number of hydrogen-bond acceptors (Lipinski definition) is 6. The number of carbonyl (C=O) groups is 1. The van der Waals surface area contributed by atoms with Gasteiger partial charge >= 0.3 is 0 Å². The van der Waals surface area contributed by atoms with Gasteiger partial charge in [-0.3, -0.25) is 9.78 Å². The molecule has 0 unspecified atom stereocenters. The van der Waals surface area contributed by atoms with E-state index in [2.05, 4.69) is 15.5 Å². The van der Waals surface area contributed by atoms with Gasteiger partial charge in [-0.2, -0.15) is 0 Å². The van der Waals surface area contributed by atoms with Crippen molar-refractivity contribution in [2.24, 2.45) is 0 Å². The minimum atomic E-state index is -0.234. The van der Waals surface area contributed by atoms with Crippen molar-refractivity contribution in [2.45, 2.75) is 38.7 Å². The third-order valence-corrected chi connectivity index (χ3v) is 5.10. The van der Waals surface area contributed by atoms with Gasteiger partial charge < -0.3 is 19.5 Å². The number of morpholine rings is 1. The molecule has 1 N–H and O–H groups in total. The predicted molar refractivity (Wildman–Crippen MR) is 96.3 cm³/mol. The Morgan fingerprint density at radius 3 is 3.00 bits per heavy atom. The molecule has 0 radical (unpaired) electrons. The molecular formula is C19H24N4O3. The molecule has 7 heteroatoms. The Morgan fingerprint density at radius 1 is 1.31 bits per heavy atom. The Balaban J connectivity index is 1.54. The van der Waals surface area contributed by atoms with E-state index in [-0.39, 0.29) is 12.0 Å². The first kappa shape index (κ1) is 17.0. The molecule has 1 saturated heterocycles. The van der Waals surface area contributed by atoms with E-state index in [4.69, 9.17) is 9.26 Å². The number of aromatic nitrogens is 2. The molecule has 1 fully saturated rings. The number of nitrogens with one attached hydrogen (secondary N) is 1. The van der Waals surface area contributed by atoms with E-state index in [9.17, 15) is 4.79 Å². The van der Waals surface area contributed by atoms with Crippen molar-refractivity contribution >= 4 is 11.6 Å². The van der Waals surface area contributed by atoms with Crippen LogP contribution in [0.1, 0.15) is 52.1 Å². The lowest BCUT2D eigenvalue weighted by molar-refractivity contribution is -0.0250. The van der Waals surface area contributed by atoms with Crippen LogP contribution in [-0.2, 0) is 17.6 Å². The number of hydrogen-bond donors (Lipinski definition) is 1. The molecule has 2 aromatic rings. The lowest BCUT2D eigenvalue weighted by Crippen LogP contribution is -2.43. The van der Waals surface area contributed by atoms with E-state index in [1.165, 1.54) is 0 Å². The van der Waals surface area contributed by atoms with Gasteiger partial charge in [-0.25, -0.2) is 0 Å². The molecule has 1 aliphatic carbocycles. The van der Waals surface area contributed by atoms with Crippen LogP contribution in [0.3, 0.4) is 0 Å². The van der Waals surface area contributed by atoms with Gasteiger partial charge in [0, 0.05) is 37.0 Å². The first-order valence-electron chi connectivity index (χ1n) is 9.20. The fourth-order valence-electron chi connectivity index (χ4n) is 3.72. The van der Waals surface area contributed by atoms with Crippen molar-refractivity contribution in [1.29, 1.82) is 0 Å². The molecule has 0 spiro atoms. The summed E-state index contributed by atoms with van der Waals surface area (Å²) < 4.78 is 11.3.